The molecule has 1 heterocycles. The van der Waals surface area contributed by atoms with E-state index in [-0.39, 0.29) is 6.61 Å². The maximum Gasteiger partial charge on any atom is 0.129 e. The van der Waals surface area contributed by atoms with Crippen LogP contribution in [0.15, 0.2) is 42.5 Å². The second-order valence-corrected chi connectivity index (χ2v) is 5.52. The lowest BCUT2D eigenvalue weighted by Gasteiger charge is -2.13. The van der Waals surface area contributed by atoms with Crippen LogP contribution in [0.4, 0.5) is 0 Å². The van der Waals surface area contributed by atoms with Crippen LogP contribution in [0.5, 0.6) is 5.75 Å². The maximum absolute atomic E-state index is 9.98. The average Bonchev–Trinajstić information content (AvgIpc) is 2.92. The number of aromatic amines is 1. The normalized spacial score (nSPS) is 12.8. The Morgan fingerprint density at radius 3 is 2.82 bits per heavy atom. The second kappa shape index (κ2) is 6.81. The first-order valence-electron chi connectivity index (χ1n) is 7.80. The molecule has 0 radical (unpaired) electrons. The van der Waals surface area contributed by atoms with Crippen LogP contribution < -0.4 is 10.1 Å². The Kier molecular flexibility index (Phi) is 4.61. The van der Waals surface area contributed by atoms with Gasteiger partial charge in [0.15, 0.2) is 0 Å². The Labute approximate surface area is 130 Å². The predicted molar refractivity (Wildman–Crippen MR) is 90.5 cm³/mol. The molecule has 0 saturated carbocycles. The minimum atomic E-state index is -0.507. The van der Waals surface area contributed by atoms with Crippen LogP contribution in [0.2, 0.25) is 0 Å². The lowest BCUT2D eigenvalue weighted by molar-refractivity contribution is 0.107. The number of H-pyrrole nitrogens is 1. The highest BCUT2D eigenvalue weighted by Crippen LogP contribution is 2.32. The molecule has 0 saturated heterocycles. The highest BCUT2D eigenvalue weighted by Gasteiger charge is 2.11. The summed E-state index contributed by atoms with van der Waals surface area (Å²) in [4.78, 5) is 3.39. The minimum Gasteiger partial charge on any atom is -0.490 e. The molecule has 3 N–H and O–H groups in total. The van der Waals surface area contributed by atoms with Crippen molar-refractivity contribution in [2.24, 2.45) is 0 Å². The number of rotatable bonds is 7. The molecule has 2 aromatic carbocycles. The average molecular weight is 298 g/mol. The van der Waals surface area contributed by atoms with Crippen LogP contribution in [0, 0.1) is 0 Å². The summed E-state index contributed by atoms with van der Waals surface area (Å²) in [5, 5.41) is 15.4. The van der Waals surface area contributed by atoms with Gasteiger partial charge in [0.05, 0.1) is 5.52 Å². The Hall–Kier alpha value is -2.04. The highest BCUT2D eigenvalue weighted by atomic mass is 16.5. The van der Waals surface area contributed by atoms with Crippen molar-refractivity contribution < 1.29 is 9.84 Å². The zero-order valence-electron chi connectivity index (χ0n) is 12.8. The van der Waals surface area contributed by atoms with Crippen LogP contribution in [0.3, 0.4) is 0 Å². The van der Waals surface area contributed by atoms with Gasteiger partial charge in [-0.15, -0.1) is 0 Å². The molecule has 0 aliphatic carbocycles. The minimum absolute atomic E-state index is 0.287. The number of aliphatic hydroxyl groups excluding tert-OH is 1. The third-order valence-corrected chi connectivity index (χ3v) is 3.73. The number of aliphatic hydroxyl groups is 1. The Balaban J connectivity index is 1.79. The van der Waals surface area contributed by atoms with E-state index in [1.807, 2.05) is 30.3 Å². The number of hydrogen-bond donors (Lipinski definition) is 3. The largest absolute Gasteiger partial charge is 0.490 e. The highest BCUT2D eigenvalue weighted by molar-refractivity contribution is 6.10. The van der Waals surface area contributed by atoms with Gasteiger partial charge in [0.25, 0.3) is 0 Å². The first-order valence-corrected chi connectivity index (χ1v) is 7.80. The van der Waals surface area contributed by atoms with Crippen molar-refractivity contribution in [1.82, 2.24) is 10.3 Å². The fraction of sp³-hybridized carbons (Fsp3) is 0.333. The third kappa shape index (κ3) is 3.08. The lowest BCUT2D eigenvalue weighted by atomic mass is 10.1. The summed E-state index contributed by atoms with van der Waals surface area (Å²) in [6, 6.07) is 14.1. The number of ether oxygens (including phenoxy) is 1. The summed E-state index contributed by atoms with van der Waals surface area (Å²) in [5.74, 6) is 0.810. The number of nitrogens with one attached hydrogen (secondary N) is 2. The molecule has 4 heteroatoms. The van der Waals surface area contributed by atoms with Gasteiger partial charge in [-0.05, 0) is 31.2 Å². The van der Waals surface area contributed by atoms with E-state index in [0.717, 1.165) is 40.5 Å². The van der Waals surface area contributed by atoms with Gasteiger partial charge in [-0.25, -0.2) is 0 Å². The second-order valence-electron chi connectivity index (χ2n) is 5.52. The Bertz CT molecular complexity index is 751. The molecule has 0 aliphatic heterocycles. The number of para-hydroxylation sites is 1. The van der Waals surface area contributed by atoms with Crippen LogP contribution in [-0.2, 0) is 0 Å². The molecule has 0 spiro atoms. The molecular formula is C18H22N2O2. The van der Waals surface area contributed by atoms with E-state index in [9.17, 15) is 5.11 Å². The van der Waals surface area contributed by atoms with Crippen molar-refractivity contribution in [3.63, 3.8) is 0 Å². The standard InChI is InChI=1S/C18H22N2O2/c1-2-10-19-11-13(21)12-22-17-9-5-8-16-18(17)14-6-3-4-7-15(14)20-16/h3-9,13,19-21H,2,10-12H2,1H3. The summed E-state index contributed by atoms with van der Waals surface area (Å²) in [5.41, 5.74) is 2.15. The van der Waals surface area contributed by atoms with E-state index < -0.39 is 6.10 Å². The Morgan fingerprint density at radius 1 is 1.14 bits per heavy atom. The predicted octanol–water partition coefficient (Wildman–Crippen LogP) is 3.06. The molecule has 0 bridgehead atoms. The van der Waals surface area contributed by atoms with E-state index >= 15 is 0 Å². The zero-order valence-corrected chi connectivity index (χ0v) is 12.8. The van der Waals surface area contributed by atoms with Crippen LogP contribution in [0.1, 0.15) is 13.3 Å². The fourth-order valence-electron chi connectivity index (χ4n) is 2.68. The molecule has 116 valence electrons. The molecular weight excluding hydrogens is 276 g/mol. The SMILES string of the molecule is CCCNCC(O)COc1cccc2[nH]c3ccccc3c12. The Morgan fingerprint density at radius 2 is 1.95 bits per heavy atom. The van der Waals surface area contributed by atoms with Gasteiger partial charge in [-0.3, -0.25) is 0 Å². The quantitative estimate of drug-likeness (QED) is 0.588. The summed E-state index contributed by atoms with van der Waals surface area (Å²) < 4.78 is 5.87. The van der Waals surface area contributed by atoms with E-state index in [0.29, 0.717) is 6.54 Å². The first kappa shape index (κ1) is 14.9. The molecule has 4 nitrogen and oxygen atoms in total. The summed E-state index contributed by atoms with van der Waals surface area (Å²) in [6.45, 7) is 3.86. The smallest absolute Gasteiger partial charge is 0.129 e. The van der Waals surface area contributed by atoms with Gasteiger partial charge < -0.3 is 20.1 Å². The summed E-state index contributed by atoms with van der Waals surface area (Å²) in [7, 11) is 0. The van der Waals surface area contributed by atoms with E-state index in [2.05, 4.69) is 29.4 Å². The molecule has 1 aromatic heterocycles. The topological polar surface area (TPSA) is 57.3 Å². The molecule has 22 heavy (non-hydrogen) atoms. The summed E-state index contributed by atoms with van der Waals surface area (Å²) in [6.07, 6.45) is 0.550. The monoisotopic (exact) mass is 298 g/mol. The van der Waals surface area contributed by atoms with E-state index in [1.165, 1.54) is 0 Å². The number of hydrogen-bond acceptors (Lipinski definition) is 3. The van der Waals surface area contributed by atoms with E-state index in [4.69, 9.17) is 4.74 Å². The number of benzene rings is 2. The summed E-state index contributed by atoms with van der Waals surface area (Å²) >= 11 is 0. The van der Waals surface area contributed by atoms with Gasteiger partial charge in [-0.1, -0.05) is 31.2 Å². The molecule has 1 atom stereocenters. The van der Waals surface area contributed by atoms with E-state index in [1.54, 1.807) is 0 Å². The van der Waals surface area contributed by atoms with Crippen molar-refractivity contribution in [3.8, 4) is 5.75 Å². The molecule has 3 aromatic rings. The lowest BCUT2D eigenvalue weighted by Crippen LogP contribution is -2.31. The molecule has 0 aliphatic rings. The van der Waals surface area contributed by atoms with Gasteiger partial charge in [0, 0.05) is 22.8 Å². The van der Waals surface area contributed by atoms with Gasteiger partial charge in [0.2, 0.25) is 0 Å². The first-order chi connectivity index (χ1) is 10.8. The number of aromatic nitrogens is 1. The molecule has 1 unspecified atom stereocenters. The third-order valence-electron chi connectivity index (χ3n) is 3.73. The van der Waals surface area contributed by atoms with Crippen LogP contribution in [-0.4, -0.2) is 35.9 Å². The van der Waals surface area contributed by atoms with Crippen molar-refractivity contribution in [2.45, 2.75) is 19.4 Å². The van der Waals surface area contributed by atoms with Gasteiger partial charge in [-0.2, -0.15) is 0 Å². The fourth-order valence-corrected chi connectivity index (χ4v) is 2.68. The molecule has 0 amide bonds. The van der Waals surface area contributed by atoms with Crippen molar-refractivity contribution in [3.05, 3.63) is 42.5 Å². The van der Waals surface area contributed by atoms with Gasteiger partial charge >= 0.3 is 0 Å². The van der Waals surface area contributed by atoms with Gasteiger partial charge in [0.1, 0.15) is 18.5 Å². The zero-order chi connectivity index (χ0) is 15.4. The number of fused-ring (bicyclic) bond motifs is 3. The van der Waals surface area contributed by atoms with Crippen molar-refractivity contribution in [1.29, 1.82) is 0 Å². The maximum atomic E-state index is 9.98. The molecule has 3 rings (SSSR count). The van der Waals surface area contributed by atoms with Crippen LogP contribution in [0.25, 0.3) is 21.8 Å². The van der Waals surface area contributed by atoms with Crippen molar-refractivity contribution in [2.75, 3.05) is 19.7 Å². The van der Waals surface area contributed by atoms with Crippen molar-refractivity contribution >= 4 is 21.8 Å². The van der Waals surface area contributed by atoms with Crippen LogP contribution >= 0.6 is 0 Å². The molecule has 0 fully saturated rings.